The van der Waals surface area contributed by atoms with E-state index >= 15 is 0 Å². The van der Waals surface area contributed by atoms with Crippen molar-refractivity contribution in [1.82, 2.24) is 4.90 Å². The molecule has 1 saturated heterocycles. The van der Waals surface area contributed by atoms with E-state index in [9.17, 15) is 5.26 Å². The number of fused-ring (bicyclic) bond motifs is 1. The second-order valence-electron chi connectivity index (χ2n) is 7.41. The van der Waals surface area contributed by atoms with Crippen molar-refractivity contribution in [1.29, 1.82) is 5.26 Å². The fourth-order valence-electron chi connectivity index (χ4n) is 5.27. The Kier molecular flexibility index (Phi) is 4.66. The molecule has 2 saturated carbocycles. The smallest absolute Gasteiger partial charge is 0.0672 e. The zero-order valence-electron chi connectivity index (χ0n) is 13.1. The number of likely N-dealkylation sites (tertiary alicyclic amines) is 1. The van der Waals surface area contributed by atoms with E-state index in [1.54, 1.807) is 0 Å². The van der Waals surface area contributed by atoms with E-state index in [2.05, 4.69) is 17.9 Å². The van der Waals surface area contributed by atoms with Gasteiger partial charge in [-0.05, 0) is 56.9 Å². The Morgan fingerprint density at radius 2 is 1.90 bits per heavy atom. The van der Waals surface area contributed by atoms with E-state index in [0.29, 0.717) is 12.0 Å². The quantitative estimate of drug-likeness (QED) is 0.764. The van der Waals surface area contributed by atoms with Gasteiger partial charge < -0.3 is 0 Å². The van der Waals surface area contributed by atoms with Crippen LogP contribution in [-0.4, -0.2) is 23.5 Å². The highest BCUT2D eigenvalue weighted by atomic mass is 15.2. The molecule has 0 aromatic heterocycles. The first-order valence-electron chi connectivity index (χ1n) is 8.98. The van der Waals surface area contributed by atoms with Crippen LogP contribution >= 0.6 is 0 Å². The third kappa shape index (κ3) is 2.75. The Morgan fingerprint density at radius 1 is 1.05 bits per heavy atom. The maximum absolute atomic E-state index is 9.56. The predicted molar refractivity (Wildman–Crippen MR) is 82.2 cm³/mol. The summed E-state index contributed by atoms with van der Waals surface area (Å²) >= 11 is 0. The summed E-state index contributed by atoms with van der Waals surface area (Å²) in [5.41, 5.74) is 0. The van der Waals surface area contributed by atoms with Crippen molar-refractivity contribution in [3.05, 3.63) is 0 Å². The third-order valence-corrected chi connectivity index (χ3v) is 6.27. The Morgan fingerprint density at radius 3 is 2.70 bits per heavy atom. The monoisotopic (exact) mass is 274 g/mol. The average molecular weight is 274 g/mol. The average Bonchev–Trinajstić information content (AvgIpc) is 2.91. The van der Waals surface area contributed by atoms with Crippen molar-refractivity contribution in [2.45, 2.75) is 83.2 Å². The van der Waals surface area contributed by atoms with Gasteiger partial charge in [0.2, 0.25) is 0 Å². The van der Waals surface area contributed by atoms with E-state index in [4.69, 9.17) is 0 Å². The maximum atomic E-state index is 9.56. The molecule has 2 aliphatic carbocycles. The molecule has 0 spiro atoms. The minimum absolute atomic E-state index is 0.309. The normalized spacial score (nSPS) is 42.1. The van der Waals surface area contributed by atoms with Crippen LogP contribution in [0, 0.1) is 29.1 Å². The number of nitriles is 1. The highest BCUT2D eigenvalue weighted by Gasteiger charge is 2.43. The lowest BCUT2D eigenvalue weighted by Crippen LogP contribution is -2.48. The first kappa shape index (κ1) is 14.4. The zero-order chi connectivity index (χ0) is 13.9. The standard InChI is InChI=1S/C18H30N2/c1-2-5-14-8-9-16(13-19)18(12-14)20-11-10-15-6-3-4-7-17(15)20/h14-18H,2-12H2,1H3. The molecule has 2 heteroatoms. The van der Waals surface area contributed by atoms with Crippen LogP contribution in [0.3, 0.4) is 0 Å². The highest BCUT2D eigenvalue weighted by molar-refractivity contribution is 5.02. The second kappa shape index (κ2) is 6.48. The summed E-state index contributed by atoms with van der Waals surface area (Å²) in [6.07, 6.45) is 13.5. The van der Waals surface area contributed by atoms with Crippen LogP contribution in [0.1, 0.15) is 71.1 Å². The Hall–Kier alpha value is -0.550. The number of nitrogens with zero attached hydrogens (tertiary/aromatic N) is 2. The molecule has 0 radical (unpaired) electrons. The molecular formula is C18H30N2. The fourth-order valence-corrected chi connectivity index (χ4v) is 5.27. The second-order valence-corrected chi connectivity index (χ2v) is 7.41. The molecule has 3 rings (SSSR count). The first-order valence-corrected chi connectivity index (χ1v) is 8.98. The predicted octanol–water partition coefficient (Wildman–Crippen LogP) is 4.36. The van der Waals surface area contributed by atoms with E-state index in [1.165, 1.54) is 64.3 Å². The van der Waals surface area contributed by atoms with Crippen LogP contribution < -0.4 is 0 Å². The fraction of sp³-hybridized carbons (Fsp3) is 0.944. The van der Waals surface area contributed by atoms with Gasteiger partial charge in [0.1, 0.15) is 0 Å². The lowest BCUT2D eigenvalue weighted by molar-refractivity contribution is 0.0654. The van der Waals surface area contributed by atoms with Crippen molar-refractivity contribution in [3.63, 3.8) is 0 Å². The zero-order valence-corrected chi connectivity index (χ0v) is 13.1. The summed E-state index contributed by atoms with van der Waals surface area (Å²) in [7, 11) is 0. The van der Waals surface area contributed by atoms with E-state index in [1.807, 2.05) is 0 Å². The Labute approximate surface area is 124 Å². The van der Waals surface area contributed by atoms with Crippen LogP contribution in [0.4, 0.5) is 0 Å². The number of rotatable bonds is 3. The van der Waals surface area contributed by atoms with E-state index in [0.717, 1.165) is 24.3 Å². The SMILES string of the molecule is CCCC1CCC(C#N)C(N2CCC3CCCCC32)C1. The molecule has 0 bridgehead atoms. The maximum Gasteiger partial charge on any atom is 0.0672 e. The van der Waals surface area contributed by atoms with Crippen molar-refractivity contribution < 1.29 is 0 Å². The van der Waals surface area contributed by atoms with Gasteiger partial charge in [-0.15, -0.1) is 0 Å². The van der Waals surface area contributed by atoms with Gasteiger partial charge in [-0.3, -0.25) is 4.90 Å². The molecule has 0 aromatic rings. The van der Waals surface area contributed by atoms with Gasteiger partial charge in [0.05, 0.1) is 12.0 Å². The summed E-state index contributed by atoms with van der Waals surface area (Å²) in [5, 5.41) is 9.56. The molecule has 0 aromatic carbocycles. The van der Waals surface area contributed by atoms with Gasteiger partial charge in [-0.1, -0.05) is 32.6 Å². The molecule has 112 valence electrons. The molecule has 20 heavy (non-hydrogen) atoms. The Balaban J connectivity index is 1.70. The van der Waals surface area contributed by atoms with Gasteiger partial charge in [0.25, 0.3) is 0 Å². The number of hydrogen-bond acceptors (Lipinski definition) is 2. The largest absolute Gasteiger partial charge is 0.296 e. The number of hydrogen-bond donors (Lipinski definition) is 0. The van der Waals surface area contributed by atoms with E-state index in [-0.39, 0.29) is 0 Å². The highest BCUT2D eigenvalue weighted by Crippen LogP contribution is 2.42. The summed E-state index contributed by atoms with van der Waals surface area (Å²) in [5.74, 6) is 2.15. The molecule has 5 unspecified atom stereocenters. The van der Waals surface area contributed by atoms with Crippen molar-refractivity contribution >= 4 is 0 Å². The van der Waals surface area contributed by atoms with Crippen LogP contribution in [0.25, 0.3) is 0 Å². The molecule has 5 atom stereocenters. The molecule has 0 N–H and O–H groups in total. The van der Waals surface area contributed by atoms with Gasteiger partial charge >= 0.3 is 0 Å². The minimum Gasteiger partial charge on any atom is -0.296 e. The molecular weight excluding hydrogens is 244 g/mol. The molecule has 3 fully saturated rings. The molecule has 0 amide bonds. The van der Waals surface area contributed by atoms with Crippen LogP contribution in [0.15, 0.2) is 0 Å². The van der Waals surface area contributed by atoms with Crippen LogP contribution in [0.5, 0.6) is 0 Å². The van der Waals surface area contributed by atoms with Gasteiger partial charge in [-0.25, -0.2) is 0 Å². The molecule has 2 nitrogen and oxygen atoms in total. The van der Waals surface area contributed by atoms with Crippen LogP contribution in [-0.2, 0) is 0 Å². The molecule has 3 aliphatic rings. The minimum atomic E-state index is 0.309. The summed E-state index contributed by atoms with van der Waals surface area (Å²) in [6, 6.07) is 4.05. The van der Waals surface area contributed by atoms with Gasteiger partial charge in [0.15, 0.2) is 0 Å². The summed E-state index contributed by atoms with van der Waals surface area (Å²) in [4.78, 5) is 2.79. The van der Waals surface area contributed by atoms with Gasteiger partial charge in [-0.2, -0.15) is 5.26 Å². The third-order valence-electron chi connectivity index (χ3n) is 6.27. The topological polar surface area (TPSA) is 27.0 Å². The first-order chi connectivity index (χ1) is 9.83. The van der Waals surface area contributed by atoms with Crippen molar-refractivity contribution in [2.24, 2.45) is 17.8 Å². The lowest BCUT2D eigenvalue weighted by atomic mass is 9.75. The molecule has 1 heterocycles. The summed E-state index contributed by atoms with van der Waals surface area (Å²) < 4.78 is 0. The van der Waals surface area contributed by atoms with E-state index < -0.39 is 0 Å². The lowest BCUT2D eigenvalue weighted by Gasteiger charge is -2.43. The van der Waals surface area contributed by atoms with Crippen LogP contribution in [0.2, 0.25) is 0 Å². The summed E-state index contributed by atoms with van der Waals surface area (Å²) in [6.45, 7) is 3.58. The molecule has 1 aliphatic heterocycles. The van der Waals surface area contributed by atoms with Crippen molar-refractivity contribution in [3.8, 4) is 6.07 Å². The van der Waals surface area contributed by atoms with Gasteiger partial charge in [0, 0.05) is 12.1 Å². The van der Waals surface area contributed by atoms with Crippen molar-refractivity contribution in [2.75, 3.05) is 6.54 Å². The Bertz CT molecular complexity index is 359.